The maximum absolute atomic E-state index is 12.1. The molecule has 4 nitrogen and oxygen atoms in total. The number of halogens is 1. The van der Waals surface area contributed by atoms with Crippen LogP contribution in [0.3, 0.4) is 0 Å². The second kappa shape index (κ2) is 6.37. The van der Waals surface area contributed by atoms with Crippen LogP contribution in [0.25, 0.3) is 0 Å². The molecule has 0 amide bonds. The van der Waals surface area contributed by atoms with Crippen LogP contribution in [0.5, 0.6) is 0 Å². The zero-order chi connectivity index (χ0) is 14.6. The molecule has 0 atom stereocenters. The Balaban J connectivity index is 2.18. The fourth-order valence-electron chi connectivity index (χ4n) is 1.70. The van der Waals surface area contributed by atoms with E-state index in [1.807, 2.05) is 30.3 Å². The number of benzene rings is 2. The van der Waals surface area contributed by atoms with Gasteiger partial charge in [-0.1, -0.05) is 41.9 Å². The second-order valence-corrected chi connectivity index (χ2v) is 6.40. The van der Waals surface area contributed by atoms with Crippen molar-refractivity contribution >= 4 is 21.6 Å². The Morgan fingerprint density at radius 1 is 1.10 bits per heavy atom. The largest absolute Gasteiger partial charge is 0.392 e. The van der Waals surface area contributed by atoms with E-state index in [0.29, 0.717) is 10.6 Å². The summed E-state index contributed by atoms with van der Waals surface area (Å²) in [5.74, 6) is 0. The maximum Gasteiger partial charge on any atom is 0.240 e. The summed E-state index contributed by atoms with van der Waals surface area (Å²) >= 11 is 5.84. The zero-order valence-electron chi connectivity index (χ0n) is 10.6. The molecule has 0 radical (unpaired) electrons. The molecule has 0 aliphatic carbocycles. The van der Waals surface area contributed by atoms with E-state index in [9.17, 15) is 8.42 Å². The summed E-state index contributed by atoms with van der Waals surface area (Å²) in [4.78, 5) is 0.0851. The van der Waals surface area contributed by atoms with Crippen molar-refractivity contribution in [3.05, 3.63) is 64.7 Å². The molecule has 106 valence electrons. The molecule has 20 heavy (non-hydrogen) atoms. The van der Waals surface area contributed by atoms with Gasteiger partial charge in [-0.25, -0.2) is 13.1 Å². The van der Waals surface area contributed by atoms with Crippen LogP contribution in [0, 0.1) is 0 Å². The van der Waals surface area contributed by atoms with Gasteiger partial charge in [0.2, 0.25) is 10.0 Å². The molecule has 0 aliphatic rings. The highest BCUT2D eigenvalue weighted by atomic mass is 35.5. The van der Waals surface area contributed by atoms with E-state index in [1.165, 1.54) is 18.2 Å². The normalized spacial score (nSPS) is 11.5. The molecular formula is C14H14ClNO3S. The summed E-state index contributed by atoms with van der Waals surface area (Å²) in [5.41, 5.74) is 1.25. The molecule has 0 heterocycles. The average molecular weight is 312 g/mol. The molecule has 2 aromatic carbocycles. The highest BCUT2D eigenvalue weighted by Crippen LogP contribution is 2.20. The molecule has 0 saturated carbocycles. The number of hydrogen-bond donors (Lipinski definition) is 2. The molecule has 2 N–H and O–H groups in total. The Kier molecular flexibility index (Phi) is 4.77. The smallest absolute Gasteiger partial charge is 0.240 e. The second-order valence-electron chi connectivity index (χ2n) is 4.22. The molecule has 6 heteroatoms. The Morgan fingerprint density at radius 3 is 2.45 bits per heavy atom. The lowest BCUT2D eigenvalue weighted by Crippen LogP contribution is -2.23. The Morgan fingerprint density at radius 2 is 1.80 bits per heavy atom. The lowest BCUT2D eigenvalue weighted by molar-refractivity contribution is 0.281. The van der Waals surface area contributed by atoms with Crippen LogP contribution in [0.4, 0.5) is 0 Å². The third-order valence-corrected chi connectivity index (χ3v) is 4.57. The van der Waals surface area contributed by atoms with Crippen molar-refractivity contribution in [3.63, 3.8) is 0 Å². The van der Waals surface area contributed by atoms with Gasteiger partial charge in [-0.05, 0) is 29.3 Å². The molecule has 0 bridgehead atoms. The molecular weight excluding hydrogens is 298 g/mol. The summed E-state index contributed by atoms with van der Waals surface area (Å²) in [5, 5.41) is 9.46. The monoisotopic (exact) mass is 311 g/mol. The van der Waals surface area contributed by atoms with E-state index in [1.54, 1.807) is 0 Å². The lowest BCUT2D eigenvalue weighted by Gasteiger charge is -2.09. The van der Waals surface area contributed by atoms with Crippen LogP contribution >= 0.6 is 11.6 Å². The predicted octanol–water partition coefficient (Wildman–Crippen LogP) is 2.31. The van der Waals surface area contributed by atoms with E-state index >= 15 is 0 Å². The number of hydrogen-bond acceptors (Lipinski definition) is 3. The van der Waals surface area contributed by atoms with E-state index in [0.717, 1.165) is 5.56 Å². The number of aliphatic hydroxyl groups is 1. The van der Waals surface area contributed by atoms with Gasteiger partial charge >= 0.3 is 0 Å². The summed E-state index contributed by atoms with van der Waals surface area (Å²) in [6, 6.07) is 13.5. The molecule has 0 saturated heterocycles. The van der Waals surface area contributed by atoms with Gasteiger partial charge in [-0.15, -0.1) is 0 Å². The van der Waals surface area contributed by atoms with Crippen LogP contribution in [0.15, 0.2) is 53.4 Å². The predicted molar refractivity (Wildman–Crippen MR) is 77.8 cm³/mol. The molecule has 0 unspecified atom stereocenters. The van der Waals surface area contributed by atoms with Gasteiger partial charge in [0.15, 0.2) is 0 Å². The van der Waals surface area contributed by atoms with Gasteiger partial charge in [0, 0.05) is 11.6 Å². The molecule has 0 aliphatic heterocycles. The number of rotatable bonds is 5. The Bertz CT molecular complexity index is 687. The Labute approximate surface area is 123 Å². The highest BCUT2D eigenvalue weighted by Gasteiger charge is 2.15. The third kappa shape index (κ3) is 3.58. The van der Waals surface area contributed by atoms with E-state index in [-0.39, 0.29) is 18.0 Å². The number of aliphatic hydroxyl groups excluding tert-OH is 1. The SMILES string of the molecule is O=S(=O)(NCc1ccccc1)c1ccc(Cl)c(CO)c1. The first kappa shape index (κ1) is 15.0. The van der Waals surface area contributed by atoms with Gasteiger partial charge in [-0.3, -0.25) is 0 Å². The van der Waals surface area contributed by atoms with E-state index in [2.05, 4.69) is 4.72 Å². The maximum atomic E-state index is 12.1. The fourth-order valence-corrected chi connectivity index (χ4v) is 2.94. The first-order valence-corrected chi connectivity index (χ1v) is 7.82. The van der Waals surface area contributed by atoms with Crippen molar-refractivity contribution in [2.45, 2.75) is 18.0 Å². The lowest BCUT2D eigenvalue weighted by atomic mass is 10.2. The molecule has 2 rings (SSSR count). The minimum absolute atomic E-state index is 0.0851. The first-order chi connectivity index (χ1) is 9.53. The van der Waals surface area contributed by atoms with Crippen molar-refractivity contribution in [1.82, 2.24) is 4.72 Å². The van der Waals surface area contributed by atoms with E-state index in [4.69, 9.17) is 16.7 Å². The quantitative estimate of drug-likeness (QED) is 0.890. The van der Waals surface area contributed by atoms with Crippen molar-refractivity contribution in [2.75, 3.05) is 0 Å². The van der Waals surface area contributed by atoms with Crippen molar-refractivity contribution < 1.29 is 13.5 Å². The van der Waals surface area contributed by atoms with Crippen LogP contribution in [-0.2, 0) is 23.2 Å². The summed E-state index contributed by atoms with van der Waals surface area (Å²) in [6.45, 7) is -0.0961. The molecule has 0 spiro atoms. The Hall–Kier alpha value is -1.40. The minimum atomic E-state index is -3.63. The third-order valence-electron chi connectivity index (χ3n) is 2.81. The number of sulfonamides is 1. The molecule has 0 aromatic heterocycles. The van der Waals surface area contributed by atoms with Crippen molar-refractivity contribution in [3.8, 4) is 0 Å². The van der Waals surface area contributed by atoms with Crippen molar-refractivity contribution in [2.24, 2.45) is 0 Å². The standard InChI is InChI=1S/C14H14ClNO3S/c15-14-7-6-13(8-12(14)10-17)20(18,19)16-9-11-4-2-1-3-5-11/h1-8,16-17H,9-10H2. The van der Waals surface area contributed by atoms with Gasteiger partial charge < -0.3 is 5.11 Å². The van der Waals surface area contributed by atoms with E-state index < -0.39 is 10.0 Å². The van der Waals surface area contributed by atoms with Gasteiger partial charge in [0.1, 0.15) is 0 Å². The van der Waals surface area contributed by atoms with Crippen LogP contribution in [0.2, 0.25) is 5.02 Å². The summed E-state index contributed by atoms with van der Waals surface area (Å²) in [7, 11) is -3.63. The first-order valence-electron chi connectivity index (χ1n) is 5.96. The van der Waals surface area contributed by atoms with Gasteiger partial charge in [0.25, 0.3) is 0 Å². The zero-order valence-corrected chi connectivity index (χ0v) is 12.2. The van der Waals surface area contributed by atoms with Gasteiger partial charge in [0.05, 0.1) is 11.5 Å². The number of nitrogens with one attached hydrogen (secondary N) is 1. The fraction of sp³-hybridized carbons (Fsp3) is 0.143. The molecule has 0 fully saturated rings. The topological polar surface area (TPSA) is 66.4 Å². The van der Waals surface area contributed by atoms with Crippen LogP contribution < -0.4 is 4.72 Å². The van der Waals surface area contributed by atoms with Crippen LogP contribution in [-0.4, -0.2) is 13.5 Å². The summed E-state index contributed by atoms with van der Waals surface area (Å²) < 4.78 is 26.8. The van der Waals surface area contributed by atoms with Gasteiger partial charge in [-0.2, -0.15) is 0 Å². The average Bonchev–Trinajstić information content (AvgIpc) is 2.46. The summed E-state index contributed by atoms with van der Waals surface area (Å²) in [6.07, 6.45) is 0. The van der Waals surface area contributed by atoms with Crippen LogP contribution in [0.1, 0.15) is 11.1 Å². The minimum Gasteiger partial charge on any atom is -0.392 e. The van der Waals surface area contributed by atoms with Crippen molar-refractivity contribution in [1.29, 1.82) is 0 Å². The molecule has 2 aromatic rings. The highest BCUT2D eigenvalue weighted by molar-refractivity contribution is 7.89.